The number of carbonyl (C=O) groups excluding carboxylic acids is 1. The molecule has 5 rings (SSSR count). The van der Waals surface area contributed by atoms with Gasteiger partial charge in [0.15, 0.2) is 16.6 Å². The van der Waals surface area contributed by atoms with Crippen molar-refractivity contribution in [3.05, 3.63) is 81.4 Å². The summed E-state index contributed by atoms with van der Waals surface area (Å²) in [7, 11) is 0. The van der Waals surface area contributed by atoms with E-state index in [9.17, 15) is 9.59 Å². The van der Waals surface area contributed by atoms with Crippen LogP contribution in [0, 0.1) is 6.92 Å². The second-order valence-corrected chi connectivity index (χ2v) is 9.96. The quantitative estimate of drug-likeness (QED) is 0.300. The van der Waals surface area contributed by atoms with Gasteiger partial charge in [-0.25, -0.2) is 9.97 Å². The molecule has 0 atom stereocenters. The maximum atomic E-state index is 12.3. The number of amides is 1. The summed E-state index contributed by atoms with van der Waals surface area (Å²) < 4.78 is 13.7. The number of aromatic nitrogens is 3. The number of carbonyl (C=O) groups is 1. The molecule has 3 aromatic heterocycles. The van der Waals surface area contributed by atoms with Crippen molar-refractivity contribution in [2.45, 2.75) is 17.0 Å². The Balaban J connectivity index is 1.23. The summed E-state index contributed by atoms with van der Waals surface area (Å²) in [6.07, 6.45) is 0. The van der Waals surface area contributed by atoms with E-state index in [1.165, 1.54) is 33.7 Å². The summed E-state index contributed by atoms with van der Waals surface area (Å²) in [6, 6.07) is 15.7. The van der Waals surface area contributed by atoms with E-state index in [4.69, 9.17) is 20.9 Å². The van der Waals surface area contributed by atoms with Gasteiger partial charge in [-0.2, -0.15) is 0 Å². The van der Waals surface area contributed by atoms with Gasteiger partial charge in [0.25, 0.3) is 11.5 Å². The van der Waals surface area contributed by atoms with Gasteiger partial charge in [-0.05, 0) is 37.3 Å². The first kappa shape index (κ1) is 22.5. The summed E-state index contributed by atoms with van der Waals surface area (Å²) in [5, 5.41) is 3.28. The molecule has 34 heavy (non-hydrogen) atoms. The summed E-state index contributed by atoms with van der Waals surface area (Å²) in [6.45, 7) is 1.62. The Morgan fingerprint density at radius 2 is 2.06 bits per heavy atom. The average Bonchev–Trinajstić information content (AvgIpc) is 3.39. The molecule has 1 amide bonds. The highest BCUT2D eigenvalue weighted by molar-refractivity contribution is 8.00. The highest BCUT2D eigenvalue weighted by Gasteiger charge is 2.11. The van der Waals surface area contributed by atoms with Gasteiger partial charge in [-0.1, -0.05) is 35.5 Å². The molecule has 0 aliphatic carbocycles. The first-order valence-electron chi connectivity index (χ1n) is 10.1. The first-order valence-corrected chi connectivity index (χ1v) is 12.3. The number of hydrogen-bond donors (Lipinski definition) is 1. The number of thiazole rings is 1. The molecule has 0 bridgehead atoms. The summed E-state index contributed by atoms with van der Waals surface area (Å²) >= 11 is 9.05. The molecule has 0 saturated heterocycles. The molecule has 0 unspecified atom stereocenters. The van der Waals surface area contributed by atoms with Crippen molar-refractivity contribution >= 4 is 62.2 Å². The van der Waals surface area contributed by atoms with E-state index in [0.29, 0.717) is 39.3 Å². The van der Waals surface area contributed by atoms with Crippen LogP contribution in [0.5, 0.6) is 5.75 Å². The molecule has 0 aliphatic heterocycles. The van der Waals surface area contributed by atoms with Crippen LogP contribution in [0.1, 0.15) is 11.5 Å². The van der Waals surface area contributed by atoms with Crippen molar-refractivity contribution in [1.82, 2.24) is 14.5 Å². The van der Waals surface area contributed by atoms with Crippen LogP contribution < -0.4 is 15.6 Å². The van der Waals surface area contributed by atoms with Crippen molar-refractivity contribution in [3.8, 4) is 5.75 Å². The molecule has 1 N–H and O–H groups in total. The summed E-state index contributed by atoms with van der Waals surface area (Å²) in [5.74, 6) is 1.29. The monoisotopic (exact) mass is 512 g/mol. The lowest BCUT2D eigenvalue weighted by Gasteiger charge is -2.08. The topological polar surface area (TPSA) is 98.7 Å². The second kappa shape index (κ2) is 9.49. The third-order valence-corrected chi connectivity index (χ3v) is 7.22. The number of para-hydroxylation sites is 1. The lowest BCUT2D eigenvalue weighted by Crippen LogP contribution is -2.20. The van der Waals surface area contributed by atoms with Crippen LogP contribution in [0.15, 0.2) is 68.3 Å². The van der Waals surface area contributed by atoms with Crippen LogP contribution in [-0.4, -0.2) is 27.1 Å². The number of nitrogens with zero attached hydrogens (tertiary/aromatic N) is 3. The highest BCUT2D eigenvalue weighted by atomic mass is 35.5. The standard InChI is InChI=1S/C23H17ClN4O4S2/c1-13-8-20-25-15(10-22(30)28(20)32-13)12-33-23-27-17-7-6-14(9-19(17)34-23)26-21(29)11-31-18-5-3-2-4-16(18)24/h2-10H,11-12H2,1H3,(H,26,29). The minimum atomic E-state index is -0.291. The molecule has 0 aliphatic rings. The van der Waals surface area contributed by atoms with Crippen LogP contribution >= 0.6 is 34.7 Å². The average molecular weight is 513 g/mol. The summed E-state index contributed by atoms with van der Waals surface area (Å²) in [4.78, 5) is 33.6. The lowest BCUT2D eigenvalue weighted by molar-refractivity contribution is -0.118. The van der Waals surface area contributed by atoms with E-state index in [-0.39, 0.29) is 18.1 Å². The van der Waals surface area contributed by atoms with E-state index >= 15 is 0 Å². The zero-order valence-electron chi connectivity index (χ0n) is 17.8. The number of nitrogens with one attached hydrogen (secondary N) is 1. The Morgan fingerprint density at radius 1 is 1.21 bits per heavy atom. The molecule has 2 aromatic carbocycles. The zero-order valence-corrected chi connectivity index (χ0v) is 20.2. The molecular weight excluding hydrogens is 496 g/mol. The van der Waals surface area contributed by atoms with E-state index in [0.717, 1.165) is 14.6 Å². The SMILES string of the molecule is Cc1cc2nc(CSc3nc4ccc(NC(=O)COc5ccccc5Cl)cc4s3)cc(=O)n2o1. The van der Waals surface area contributed by atoms with Crippen molar-refractivity contribution in [1.29, 1.82) is 0 Å². The molecule has 8 nitrogen and oxygen atoms in total. The molecule has 0 radical (unpaired) electrons. The maximum Gasteiger partial charge on any atom is 0.287 e. The van der Waals surface area contributed by atoms with Crippen LogP contribution in [0.4, 0.5) is 5.69 Å². The fourth-order valence-electron chi connectivity index (χ4n) is 3.23. The number of hydrogen-bond acceptors (Lipinski definition) is 8. The first-order chi connectivity index (χ1) is 16.4. The Morgan fingerprint density at radius 3 is 2.91 bits per heavy atom. The highest BCUT2D eigenvalue weighted by Crippen LogP contribution is 2.32. The zero-order chi connectivity index (χ0) is 23.7. The predicted molar refractivity (Wildman–Crippen MR) is 133 cm³/mol. The number of rotatable bonds is 7. The van der Waals surface area contributed by atoms with Crippen molar-refractivity contribution in [2.75, 3.05) is 11.9 Å². The third kappa shape index (κ3) is 4.93. The minimum absolute atomic E-state index is 0.154. The Labute approximate surface area is 206 Å². The molecule has 0 spiro atoms. The van der Waals surface area contributed by atoms with Crippen molar-refractivity contribution in [3.63, 3.8) is 0 Å². The van der Waals surface area contributed by atoms with Gasteiger partial charge in [0, 0.05) is 23.6 Å². The predicted octanol–water partition coefficient (Wildman–Crippen LogP) is 5.17. The van der Waals surface area contributed by atoms with Gasteiger partial charge in [-0.15, -0.1) is 15.9 Å². The number of aryl methyl sites for hydroxylation is 1. The largest absolute Gasteiger partial charge is 0.482 e. The van der Waals surface area contributed by atoms with Gasteiger partial charge in [0.05, 0.1) is 20.9 Å². The molecule has 11 heteroatoms. The van der Waals surface area contributed by atoms with Gasteiger partial charge in [0.1, 0.15) is 11.5 Å². The van der Waals surface area contributed by atoms with Crippen LogP contribution in [0.25, 0.3) is 15.9 Å². The second-order valence-electron chi connectivity index (χ2n) is 7.30. The van der Waals surface area contributed by atoms with E-state index < -0.39 is 0 Å². The molecule has 0 saturated carbocycles. The number of halogens is 1. The minimum Gasteiger partial charge on any atom is -0.482 e. The number of anilines is 1. The normalized spacial score (nSPS) is 11.2. The Hall–Kier alpha value is -3.34. The van der Waals surface area contributed by atoms with Crippen molar-refractivity contribution < 1.29 is 14.1 Å². The van der Waals surface area contributed by atoms with E-state index in [1.807, 2.05) is 12.1 Å². The smallest absolute Gasteiger partial charge is 0.287 e. The molecule has 3 heterocycles. The fraction of sp³-hybridized carbons (Fsp3) is 0.130. The van der Waals surface area contributed by atoms with Gasteiger partial charge >= 0.3 is 0 Å². The maximum absolute atomic E-state index is 12.3. The van der Waals surface area contributed by atoms with Crippen LogP contribution in [0.2, 0.25) is 5.02 Å². The Kier molecular flexibility index (Phi) is 6.27. The summed E-state index contributed by atoms with van der Waals surface area (Å²) in [5.41, 5.74) is 2.37. The molecule has 5 aromatic rings. The van der Waals surface area contributed by atoms with Gasteiger partial charge in [-0.3, -0.25) is 9.59 Å². The fourth-order valence-corrected chi connectivity index (χ4v) is 5.42. The van der Waals surface area contributed by atoms with E-state index in [1.54, 1.807) is 43.3 Å². The van der Waals surface area contributed by atoms with Gasteiger partial charge < -0.3 is 14.6 Å². The van der Waals surface area contributed by atoms with Crippen LogP contribution in [0.3, 0.4) is 0 Å². The van der Waals surface area contributed by atoms with Crippen molar-refractivity contribution in [2.24, 2.45) is 0 Å². The molecule has 172 valence electrons. The number of thioether (sulfide) groups is 1. The Bertz CT molecular complexity index is 1580. The van der Waals surface area contributed by atoms with E-state index in [2.05, 4.69) is 15.3 Å². The molecule has 0 fully saturated rings. The number of fused-ring (bicyclic) bond motifs is 2. The number of ether oxygens (including phenoxy) is 1. The molecular formula is C23H17ClN4O4S2. The number of benzene rings is 2. The third-order valence-electron chi connectivity index (χ3n) is 4.72. The van der Waals surface area contributed by atoms with Gasteiger partial charge in [0.2, 0.25) is 0 Å². The van der Waals surface area contributed by atoms with Crippen LogP contribution in [-0.2, 0) is 10.5 Å². The lowest BCUT2D eigenvalue weighted by atomic mass is 10.3.